The van der Waals surface area contributed by atoms with Gasteiger partial charge in [0.2, 0.25) is 0 Å². The highest BCUT2D eigenvalue weighted by atomic mass is 16.2. The van der Waals surface area contributed by atoms with Crippen LogP contribution in [0.25, 0.3) is 0 Å². The topological polar surface area (TPSA) is 83.6 Å². The van der Waals surface area contributed by atoms with Gasteiger partial charge in [-0.2, -0.15) is 0 Å². The van der Waals surface area contributed by atoms with E-state index in [1.54, 1.807) is 18.2 Å². The standard InChI is InChI=1S/C18H14N2O4/c1-10-4-3-5-12(6-10)20-17(23)14-7-11(9-21)13(16(22)19-2)8-15(14)18(20)24/h3-9H,1-2H3,(H,19,22). The van der Waals surface area contributed by atoms with E-state index < -0.39 is 17.7 Å². The molecule has 1 aliphatic rings. The number of hydrogen-bond donors (Lipinski definition) is 1. The van der Waals surface area contributed by atoms with Crippen LogP contribution in [0.3, 0.4) is 0 Å². The molecule has 0 aromatic heterocycles. The second kappa shape index (κ2) is 5.73. The maximum Gasteiger partial charge on any atom is 0.266 e. The second-order valence-electron chi connectivity index (χ2n) is 5.47. The van der Waals surface area contributed by atoms with Gasteiger partial charge in [0.15, 0.2) is 6.29 Å². The van der Waals surface area contributed by atoms with Gasteiger partial charge in [0, 0.05) is 12.6 Å². The smallest absolute Gasteiger partial charge is 0.266 e. The average molecular weight is 322 g/mol. The van der Waals surface area contributed by atoms with Crippen LogP contribution in [0.15, 0.2) is 36.4 Å². The molecule has 1 heterocycles. The SMILES string of the molecule is CNC(=O)c1cc2c(cc1C=O)C(=O)N(c1cccc(C)c1)C2=O. The van der Waals surface area contributed by atoms with Crippen LogP contribution >= 0.6 is 0 Å². The molecule has 0 unspecified atom stereocenters. The Morgan fingerprint density at radius 2 is 1.75 bits per heavy atom. The number of aryl methyl sites for hydroxylation is 1. The molecule has 0 saturated carbocycles. The third kappa shape index (κ3) is 2.28. The molecule has 0 fully saturated rings. The Hall–Kier alpha value is -3.28. The summed E-state index contributed by atoms with van der Waals surface area (Å²) in [5.41, 5.74) is 1.74. The van der Waals surface area contributed by atoms with E-state index in [1.807, 2.05) is 13.0 Å². The molecule has 1 N–H and O–H groups in total. The molecule has 6 nitrogen and oxygen atoms in total. The summed E-state index contributed by atoms with van der Waals surface area (Å²) in [6.07, 6.45) is 0.498. The molecule has 0 spiro atoms. The van der Waals surface area contributed by atoms with Crippen molar-refractivity contribution < 1.29 is 19.2 Å². The number of hydrogen-bond acceptors (Lipinski definition) is 4. The van der Waals surface area contributed by atoms with Gasteiger partial charge in [-0.1, -0.05) is 12.1 Å². The molecule has 2 aromatic carbocycles. The van der Waals surface area contributed by atoms with Crippen LogP contribution in [-0.4, -0.2) is 31.1 Å². The summed E-state index contributed by atoms with van der Waals surface area (Å²) in [5, 5.41) is 2.42. The van der Waals surface area contributed by atoms with Crippen molar-refractivity contribution in [2.75, 3.05) is 11.9 Å². The maximum atomic E-state index is 12.7. The highest BCUT2D eigenvalue weighted by Gasteiger charge is 2.38. The van der Waals surface area contributed by atoms with Crippen LogP contribution in [0.4, 0.5) is 5.69 Å². The van der Waals surface area contributed by atoms with E-state index >= 15 is 0 Å². The summed E-state index contributed by atoms with van der Waals surface area (Å²) in [5.74, 6) is -1.51. The monoisotopic (exact) mass is 322 g/mol. The summed E-state index contributed by atoms with van der Waals surface area (Å²) in [6, 6.07) is 9.59. The fourth-order valence-corrected chi connectivity index (χ4v) is 2.73. The Kier molecular flexibility index (Phi) is 3.73. The summed E-state index contributed by atoms with van der Waals surface area (Å²) in [6.45, 7) is 1.86. The summed E-state index contributed by atoms with van der Waals surface area (Å²) < 4.78 is 0. The first-order valence-electron chi connectivity index (χ1n) is 7.28. The third-order valence-electron chi connectivity index (χ3n) is 3.92. The Labute approximate surface area is 138 Å². The number of rotatable bonds is 3. The van der Waals surface area contributed by atoms with E-state index in [4.69, 9.17) is 0 Å². The van der Waals surface area contributed by atoms with Crippen LogP contribution in [0.1, 0.15) is 47.0 Å². The van der Waals surface area contributed by atoms with E-state index in [2.05, 4.69) is 5.32 Å². The summed E-state index contributed by atoms with van der Waals surface area (Å²) >= 11 is 0. The van der Waals surface area contributed by atoms with Crippen LogP contribution in [-0.2, 0) is 0 Å². The molecule has 0 radical (unpaired) electrons. The molecular weight excluding hydrogens is 308 g/mol. The zero-order valence-electron chi connectivity index (χ0n) is 13.1. The Morgan fingerprint density at radius 3 is 2.33 bits per heavy atom. The van der Waals surface area contributed by atoms with Crippen LogP contribution < -0.4 is 10.2 Å². The quantitative estimate of drug-likeness (QED) is 0.692. The number of nitrogens with zero attached hydrogens (tertiary/aromatic N) is 1. The van der Waals surface area contributed by atoms with Crippen molar-refractivity contribution in [3.63, 3.8) is 0 Å². The van der Waals surface area contributed by atoms with E-state index in [-0.39, 0.29) is 22.3 Å². The van der Waals surface area contributed by atoms with Gasteiger partial charge in [0.25, 0.3) is 17.7 Å². The summed E-state index contributed by atoms with van der Waals surface area (Å²) in [7, 11) is 1.43. The molecule has 120 valence electrons. The lowest BCUT2D eigenvalue weighted by atomic mass is 9.99. The Balaban J connectivity index is 2.15. The first-order chi connectivity index (χ1) is 11.5. The number of amides is 3. The second-order valence-corrected chi connectivity index (χ2v) is 5.47. The number of nitrogens with one attached hydrogen (secondary N) is 1. The first-order valence-corrected chi connectivity index (χ1v) is 7.28. The molecule has 2 aromatic rings. The molecule has 0 aliphatic carbocycles. The number of carbonyl (C=O) groups excluding carboxylic acids is 4. The van der Waals surface area contributed by atoms with Crippen molar-refractivity contribution in [3.05, 3.63) is 64.2 Å². The first kappa shape index (κ1) is 15.6. The lowest BCUT2D eigenvalue weighted by Gasteiger charge is -2.14. The molecule has 24 heavy (non-hydrogen) atoms. The molecule has 0 saturated heterocycles. The minimum atomic E-state index is -0.511. The highest BCUT2D eigenvalue weighted by Crippen LogP contribution is 2.30. The van der Waals surface area contributed by atoms with E-state index in [1.165, 1.54) is 19.2 Å². The highest BCUT2D eigenvalue weighted by molar-refractivity contribution is 6.35. The van der Waals surface area contributed by atoms with Gasteiger partial charge in [-0.3, -0.25) is 19.2 Å². The Morgan fingerprint density at radius 1 is 1.08 bits per heavy atom. The van der Waals surface area contributed by atoms with E-state index in [0.717, 1.165) is 10.5 Å². The molecule has 1 aliphatic heterocycles. The number of fused-ring (bicyclic) bond motifs is 1. The molecule has 0 atom stereocenters. The lowest BCUT2D eigenvalue weighted by molar-refractivity contribution is 0.0924. The van der Waals surface area contributed by atoms with Crippen molar-refractivity contribution >= 4 is 29.7 Å². The third-order valence-corrected chi connectivity index (χ3v) is 3.92. The van der Waals surface area contributed by atoms with Crippen LogP contribution in [0.5, 0.6) is 0 Å². The van der Waals surface area contributed by atoms with E-state index in [0.29, 0.717) is 12.0 Å². The number of imide groups is 1. The predicted molar refractivity (Wildman–Crippen MR) is 87.5 cm³/mol. The average Bonchev–Trinajstić information content (AvgIpc) is 2.83. The maximum absolute atomic E-state index is 12.7. The Bertz CT molecular complexity index is 902. The van der Waals surface area contributed by atoms with Crippen molar-refractivity contribution in [2.45, 2.75) is 6.92 Å². The fourth-order valence-electron chi connectivity index (χ4n) is 2.73. The van der Waals surface area contributed by atoms with Gasteiger partial charge in [-0.15, -0.1) is 0 Å². The summed E-state index contributed by atoms with van der Waals surface area (Å²) in [4.78, 5) is 49.5. The van der Waals surface area contributed by atoms with Gasteiger partial charge in [0.05, 0.1) is 22.4 Å². The largest absolute Gasteiger partial charge is 0.355 e. The van der Waals surface area contributed by atoms with Gasteiger partial charge in [-0.05, 0) is 36.8 Å². The van der Waals surface area contributed by atoms with Gasteiger partial charge < -0.3 is 5.32 Å². The minimum absolute atomic E-state index is 0.0680. The minimum Gasteiger partial charge on any atom is -0.355 e. The van der Waals surface area contributed by atoms with Crippen LogP contribution in [0.2, 0.25) is 0 Å². The van der Waals surface area contributed by atoms with E-state index in [9.17, 15) is 19.2 Å². The van der Waals surface area contributed by atoms with Crippen molar-refractivity contribution in [1.29, 1.82) is 0 Å². The predicted octanol–water partition coefficient (Wildman–Crippen LogP) is 1.97. The number of aldehydes is 1. The zero-order valence-corrected chi connectivity index (χ0v) is 13.1. The van der Waals surface area contributed by atoms with Crippen LogP contribution in [0, 0.1) is 6.92 Å². The van der Waals surface area contributed by atoms with Gasteiger partial charge in [0.1, 0.15) is 0 Å². The lowest BCUT2D eigenvalue weighted by Crippen LogP contribution is -2.29. The molecule has 6 heteroatoms. The molecular formula is C18H14N2O4. The fraction of sp³-hybridized carbons (Fsp3) is 0.111. The molecule has 0 bridgehead atoms. The molecule has 3 rings (SSSR count). The normalized spacial score (nSPS) is 13.0. The van der Waals surface area contributed by atoms with Gasteiger partial charge >= 0.3 is 0 Å². The number of anilines is 1. The zero-order chi connectivity index (χ0) is 17.4. The van der Waals surface area contributed by atoms with Crippen molar-refractivity contribution in [3.8, 4) is 0 Å². The number of carbonyl (C=O) groups is 4. The van der Waals surface area contributed by atoms with Crippen molar-refractivity contribution in [1.82, 2.24) is 5.32 Å². The van der Waals surface area contributed by atoms with Gasteiger partial charge in [-0.25, -0.2) is 4.90 Å². The van der Waals surface area contributed by atoms with Crippen molar-refractivity contribution in [2.24, 2.45) is 0 Å². The number of benzene rings is 2. The molecule has 3 amide bonds.